The summed E-state index contributed by atoms with van der Waals surface area (Å²) in [6.07, 6.45) is 3.75. The van der Waals surface area contributed by atoms with E-state index in [2.05, 4.69) is 9.80 Å². The van der Waals surface area contributed by atoms with Crippen molar-refractivity contribution < 1.29 is 28.2 Å². The number of carbonyl (C=O) groups excluding carboxylic acids is 1. The van der Waals surface area contributed by atoms with Crippen molar-refractivity contribution in [2.45, 2.75) is 63.7 Å². The third kappa shape index (κ3) is 4.34. The Labute approximate surface area is 254 Å². The van der Waals surface area contributed by atoms with Crippen molar-refractivity contribution in [1.82, 2.24) is 14.9 Å². The maximum absolute atomic E-state index is 15.0. The fourth-order valence-corrected chi connectivity index (χ4v) is 8.20. The minimum Gasteiger partial charge on any atom is -0.508 e. The number of phenols is 1. The molecule has 5 aliphatic heterocycles. The highest BCUT2D eigenvalue weighted by Gasteiger charge is 2.50. The molecule has 1 aromatic heterocycles. The van der Waals surface area contributed by atoms with Crippen molar-refractivity contribution in [2.75, 3.05) is 55.8 Å². The number of hydrogen-bond donors (Lipinski definition) is 1. The highest BCUT2D eigenvalue weighted by Crippen LogP contribution is 2.44. The SMILES string of the molecule is CCc1c(F)ccc2cc(O)cc(N3Cc4nc(OC[C@@]56CCCN5C[C@H](F)C6)nc(N5CCC6(CC5)COC6)c4C3=O)c12. The molecular weight excluding hydrogens is 568 g/mol. The van der Waals surface area contributed by atoms with Gasteiger partial charge < -0.3 is 24.4 Å². The monoisotopic (exact) mass is 605 g/mol. The van der Waals surface area contributed by atoms with Crippen molar-refractivity contribution >= 4 is 28.2 Å². The van der Waals surface area contributed by atoms with Crippen LogP contribution in [-0.4, -0.2) is 83.6 Å². The van der Waals surface area contributed by atoms with E-state index in [1.807, 2.05) is 6.92 Å². The van der Waals surface area contributed by atoms with Crippen LogP contribution in [0.3, 0.4) is 0 Å². The van der Waals surface area contributed by atoms with E-state index < -0.39 is 6.17 Å². The summed E-state index contributed by atoms with van der Waals surface area (Å²) in [5.41, 5.74) is 1.71. The Bertz CT molecular complexity index is 1660. The third-order valence-electron chi connectivity index (χ3n) is 10.7. The zero-order valence-corrected chi connectivity index (χ0v) is 25.0. The van der Waals surface area contributed by atoms with Crippen LogP contribution in [0, 0.1) is 11.2 Å². The van der Waals surface area contributed by atoms with E-state index in [0.29, 0.717) is 65.1 Å². The van der Waals surface area contributed by atoms with E-state index in [0.717, 1.165) is 58.5 Å². The standard InChI is InChI=1S/C33H37F2N5O4/c1-2-23-24(35)5-4-20-12-22(41)13-26(27(20)23)40-16-25-28(30(40)42)29(38-10-7-32(8-11-38)17-43-18-32)37-31(36-25)44-19-33-6-3-9-39(33)15-21(34)14-33/h4-5,12-13,21,41H,2-3,6-11,14-19H2,1H3/t21-,33+/m1/s1. The zero-order chi connectivity index (χ0) is 30.2. The number of carbonyl (C=O) groups is 1. The van der Waals surface area contributed by atoms with Crippen molar-refractivity contribution in [3.05, 3.63) is 46.9 Å². The minimum atomic E-state index is -0.868. The molecule has 0 saturated carbocycles. The van der Waals surface area contributed by atoms with Gasteiger partial charge in [-0.2, -0.15) is 9.97 Å². The number of aryl methyl sites for hydroxylation is 1. The van der Waals surface area contributed by atoms with Crippen LogP contribution in [0.1, 0.15) is 60.6 Å². The number of aromatic hydroxyl groups is 1. The second kappa shape index (κ2) is 10.2. The van der Waals surface area contributed by atoms with Gasteiger partial charge in [-0.1, -0.05) is 13.0 Å². The van der Waals surface area contributed by atoms with Crippen LogP contribution in [0.15, 0.2) is 24.3 Å². The van der Waals surface area contributed by atoms with Gasteiger partial charge in [0.1, 0.15) is 35.7 Å². The lowest BCUT2D eigenvalue weighted by Crippen LogP contribution is -2.51. The van der Waals surface area contributed by atoms with Gasteiger partial charge in [-0.15, -0.1) is 0 Å². The van der Waals surface area contributed by atoms with Crippen LogP contribution in [0.5, 0.6) is 11.8 Å². The molecule has 0 unspecified atom stereocenters. The van der Waals surface area contributed by atoms with E-state index >= 15 is 0 Å². The molecule has 11 heteroatoms. The van der Waals surface area contributed by atoms with Gasteiger partial charge >= 0.3 is 6.01 Å². The maximum Gasteiger partial charge on any atom is 0.318 e. The topological polar surface area (TPSA) is 91.3 Å². The molecule has 3 aromatic rings. The van der Waals surface area contributed by atoms with Gasteiger partial charge in [0.2, 0.25) is 0 Å². The quantitative estimate of drug-likeness (QED) is 0.430. The number of phenolic OH excluding ortho intramolecular Hbond substituents is 1. The average molecular weight is 606 g/mol. The molecule has 4 fully saturated rings. The van der Waals surface area contributed by atoms with Crippen LogP contribution in [0.2, 0.25) is 0 Å². The Morgan fingerprint density at radius 3 is 2.70 bits per heavy atom. The van der Waals surface area contributed by atoms with Gasteiger partial charge in [0.05, 0.1) is 36.7 Å². The van der Waals surface area contributed by atoms with E-state index in [1.165, 1.54) is 12.1 Å². The molecule has 2 atom stereocenters. The van der Waals surface area contributed by atoms with Crippen molar-refractivity contribution in [2.24, 2.45) is 5.41 Å². The number of anilines is 2. The summed E-state index contributed by atoms with van der Waals surface area (Å²) in [7, 11) is 0. The van der Waals surface area contributed by atoms with Crippen molar-refractivity contribution in [3.8, 4) is 11.8 Å². The Balaban J connectivity index is 1.18. The van der Waals surface area contributed by atoms with Crippen LogP contribution < -0.4 is 14.5 Å². The smallest absolute Gasteiger partial charge is 0.318 e. The van der Waals surface area contributed by atoms with Crippen LogP contribution in [0.25, 0.3) is 10.8 Å². The second-order valence-corrected chi connectivity index (χ2v) is 13.3. The number of benzene rings is 2. The van der Waals surface area contributed by atoms with Gasteiger partial charge in [0.15, 0.2) is 0 Å². The van der Waals surface area contributed by atoms with Crippen LogP contribution in [-0.2, 0) is 17.7 Å². The molecular formula is C33H37F2N5O4. The first kappa shape index (κ1) is 27.9. The number of piperidine rings is 1. The highest BCUT2D eigenvalue weighted by molar-refractivity contribution is 6.16. The Kier molecular flexibility index (Phi) is 6.50. The second-order valence-electron chi connectivity index (χ2n) is 13.3. The van der Waals surface area contributed by atoms with Crippen LogP contribution in [0.4, 0.5) is 20.3 Å². The first-order valence-electron chi connectivity index (χ1n) is 15.8. The van der Waals surface area contributed by atoms with Crippen molar-refractivity contribution in [3.63, 3.8) is 0 Å². The summed E-state index contributed by atoms with van der Waals surface area (Å²) in [6.45, 7) is 6.56. The Hall–Kier alpha value is -3.57. The summed E-state index contributed by atoms with van der Waals surface area (Å²) < 4.78 is 41.2. The molecule has 2 aromatic carbocycles. The molecule has 1 spiro atoms. The molecule has 0 aliphatic carbocycles. The molecule has 8 rings (SSSR count). The van der Waals surface area contributed by atoms with Crippen molar-refractivity contribution in [1.29, 1.82) is 0 Å². The third-order valence-corrected chi connectivity index (χ3v) is 10.7. The molecule has 0 radical (unpaired) electrons. The van der Waals surface area contributed by atoms with Gasteiger partial charge in [-0.3, -0.25) is 9.69 Å². The molecule has 6 heterocycles. The zero-order valence-electron chi connectivity index (χ0n) is 25.0. The number of fused-ring (bicyclic) bond motifs is 3. The van der Waals surface area contributed by atoms with E-state index in [4.69, 9.17) is 19.4 Å². The van der Waals surface area contributed by atoms with E-state index in [9.17, 15) is 18.7 Å². The summed E-state index contributed by atoms with van der Waals surface area (Å²) in [5, 5.41) is 11.9. The summed E-state index contributed by atoms with van der Waals surface area (Å²) in [4.78, 5) is 29.8. The predicted octanol–water partition coefficient (Wildman–Crippen LogP) is 4.77. The minimum absolute atomic E-state index is 0.00704. The van der Waals surface area contributed by atoms with Gasteiger partial charge in [0.25, 0.3) is 5.91 Å². The molecule has 4 saturated heterocycles. The van der Waals surface area contributed by atoms with Gasteiger partial charge in [0, 0.05) is 42.9 Å². The van der Waals surface area contributed by atoms with Gasteiger partial charge in [-0.25, -0.2) is 8.78 Å². The average Bonchev–Trinajstić information content (AvgIpc) is 3.64. The van der Waals surface area contributed by atoms with E-state index in [-0.39, 0.29) is 41.0 Å². The lowest BCUT2D eigenvalue weighted by Gasteiger charge is -2.47. The number of amides is 1. The Morgan fingerprint density at radius 1 is 1.14 bits per heavy atom. The molecule has 1 N–H and O–H groups in total. The summed E-state index contributed by atoms with van der Waals surface area (Å²) in [6, 6.07) is 6.33. The first-order chi connectivity index (χ1) is 21.3. The number of ether oxygens (including phenoxy) is 2. The first-order valence-corrected chi connectivity index (χ1v) is 15.8. The molecule has 1 amide bonds. The Morgan fingerprint density at radius 2 is 1.95 bits per heavy atom. The lowest BCUT2D eigenvalue weighted by molar-refractivity contribution is -0.124. The molecule has 232 valence electrons. The number of hydrogen-bond acceptors (Lipinski definition) is 8. The number of alkyl halides is 1. The maximum atomic E-state index is 15.0. The molecule has 9 nitrogen and oxygen atoms in total. The number of nitrogens with zero attached hydrogens (tertiary/aromatic N) is 5. The predicted molar refractivity (Wildman–Crippen MR) is 161 cm³/mol. The normalized spacial score (nSPS) is 26.0. The fourth-order valence-electron chi connectivity index (χ4n) is 8.20. The van der Waals surface area contributed by atoms with Crippen LogP contribution >= 0.6 is 0 Å². The number of rotatable bonds is 6. The molecule has 0 bridgehead atoms. The largest absolute Gasteiger partial charge is 0.508 e. The van der Waals surface area contributed by atoms with Gasteiger partial charge in [-0.05, 0) is 61.7 Å². The summed E-state index contributed by atoms with van der Waals surface area (Å²) in [5.74, 6) is -0.109. The molecule has 44 heavy (non-hydrogen) atoms. The highest BCUT2D eigenvalue weighted by atomic mass is 19.1. The number of halogens is 2. The van der Waals surface area contributed by atoms with E-state index in [1.54, 1.807) is 17.0 Å². The summed E-state index contributed by atoms with van der Waals surface area (Å²) >= 11 is 0. The molecule has 5 aliphatic rings. The fraction of sp³-hybridized carbons (Fsp3) is 0.545. The lowest BCUT2D eigenvalue weighted by atomic mass is 9.77. The number of aromatic nitrogens is 2.